The van der Waals surface area contributed by atoms with E-state index in [9.17, 15) is 16.8 Å². The molecule has 30 heteroatoms. The molecule has 6 aromatic rings. The second-order valence-corrected chi connectivity index (χ2v) is 26.3. The highest BCUT2D eigenvalue weighted by molar-refractivity contribution is 7.91. The maximum atomic E-state index is 13.9. The van der Waals surface area contributed by atoms with Crippen molar-refractivity contribution in [1.82, 2.24) is 69.4 Å². The summed E-state index contributed by atoms with van der Waals surface area (Å²) < 4.78 is 105. The lowest BCUT2D eigenvalue weighted by atomic mass is 10.1. The molecule has 436 valence electrons. The first-order valence-corrected chi connectivity index (χ1v) is 29.7. The van der Waals surface area contributed by atoms with Crippen molar-refractivity contribution in [2.75, 3.05) is 28.4 Å². The van der Waals surface area contributed by atoms with Crippen LogP contribution in [0.1, 0.15) is 154 Å². The topological polar surface area (TPSA) is 307 Å². The van der Waals surface area contributed by atoms with Gasteiger partial charge in [0.05, 0.1) is 72.4 Å². The molecule has 26 nitrogen and oxygen atoms in total. The average Bonchev–Trinajstić information content (AvgIpc) is 4.21. The van der Waals surface area contributed by atoms with E-state index in [-0.39, 0.29) is 81.6 Å². The van der Waals surface area contributed by atoms with Gasteiger partial charge in [0.15, 0.2) is 66.0 Å². The molecule has 0 N–H and O–H groups in total. The molecule has 8 heterocycles. The molecule has 8 rings (SSSR count). The fourth-order valence-electron chi connectivity index (χ4n) is 9.04. The average molecular weight is 1190 g/mol. The van der Waals surface area contributed by atoms with Gasteiger partial charge in [-0.15, -0.1) is 20.4 Å². The largest absolute Gasteiger partial charge is 0.479 e. The molecular formula is C50H68Cl2N14O12S2. The van der Waals surface area contributed by atoms with Crippen molar-refractivity contribution >= 4 is 42.9 Å². The molecule has 0 spiro atoms. The molecule has 0 radical (unpaired) electrons. The predicted octanol–water partition coefficient (Wildman–Crippen LogP) is 7.24. The number of nitrogens with zero attached hydrogens (tertiary/aromatic N) is 14. The number of methoxy groups -OCH3 is 4. The number of hydrogen-bond donors (Lipinski definition) is 0. The van der Waals surface area contributed by atoms with Crippen molar-refractivity contribution in [3.8, 4) is 34.9 Å². The fraction of sp³-hybridized carbons (Fsp3) is 0.600. The third-order valence-corrected chi connectivity index (χ3v) is 17.5. The number of ether oxygens (including phenoxy) is 8. The van der Waals surface area contributed by atoms with E-state index in [2.05, 4.69) is 60.3 Å². The minimum atomic E-state index is -3.94. The van der Waals surface area contributed by atoms with Crippen molar-refractivity contribution in [2.45, 2.75) is 165 Å². The van der Waals surface area contributed by atoms with Gasteiger partial charge in [0.2, 0.25) is 23.5 Å². The zero-order valence-electron chi connectivity index (χ0n) is 47.1. The van der Waals surface area contributed by atoms with Gasteiger partial charge in [0.25, 0.3) is 0 Å². The molecule has 0 saturated carbocycles. The Hall–Kier alpha value is -5.88. The monoisotopic (exact) mass is 1190 g/mol. The molecule has 0 amide bonds. The van der Waals surface area contributed by atoms with E-state index in [1.54, 1.807) is 23.0 Å². The molecule has 6 atom stereocenters. The lowest BCUT2D eigenvalue weighted by Crippen LogP contribution is -2.32. The van der Waals surface area contributed by atoms with Crippen LogP contribution in [0.4, 0.5) is 0 Å². The van der Waals surface area contributed by atoms with E-state index in [1.165, 1.54) is 65.9 Å². The number of sulfone groups is 2. The van der Waals surface area contributed by atoms with E-state index in [4.69, 9.17) is 61.1 Å². The lowest BCUT2D eigenvalue weighted by Gasteiger charge is -2.25. The van der Waals surface area contributed by atoms with Crippen LogP contribution in [0.2, 0.25) is 10.0 Å². The molecule has 0 bridgehead atoms. The van der Waals surface area contributed by atoms with E-state index in [0.717, 1.165) is 12.8 Å². The van der Waals surface area contributed by atoms with Gasteiger partial charge in [0, 0.05) is 24.8 Å². The Morgan fingerprint density at radius 1 is 0.537 bits per heavy atom. The molecule has 0 unspecified atom stereocenters. The van der Waals surface area contributed by atoms with Gasteiger partial charge in [-0.1, -0.05) is 23.2 Å². The minimum Gasteiger partial charge on any atom is -0.479 e. The van der Waals surface area contributed by atoms with Crippen LogP contribution < -0.4 is 18.9 Å². The van der Waals surface area contributed by atoms with Gasteiger partial charge < -0.3 is 37.9 Å². The van der Waals surface area contributed by atoms with E-state index in [1.807, 2.05) is 55.4 Å². The molecule has 0 aliphatic carbocycles. The predicted molar refractivity (Wildman–Crippen MR) is 291 cm³/mol. The molecule has 0 aromatic carbocycles. The summed E-state index contributed by atoms with van der Waals surface area (Å²) >= 11 is 11.9. The van der Waals surface area contributed by atoms with Crippen molar-refractivity contribution in [3.05, 3.63) is 82.4 Å². The second-order valence-electron chi connectivity index (χ2n) is 20.7. The number of hydrogen-bond acceptors (Lipinski definition) is 24. The van der Waals surface area contributed by atoms with Crippen molar-refractivity contribution in [1.29, 1.82) is 0 Å². The van der Waals surface area contributed by atoms with E-state index < -0.39 is 66.1 Å². The van der Waals surface area contributed by atoms with Crippen molar-refractivity contribution < 1.29 is 54.7 Å². The molecule has 6 aromatic heterocycles. The summed E-state index contributed by atoms with van der Waals surface area (Å²) in [7, 11) is -2.10. The Morgan fingerprint density at radius 2 is 0.850 bits per heavy atom. The Labute approximate surface area is 475 Å². The smallest absolute Gasteiger partial charge is 0.245 e. The van der Waals surface area contributed by atoms with E-state index in [0.29, 0.717) is 34.5 Å². The minimum absolute atomic E-state index is 0.113. The van der Waals surface area contributed by atoms with Crippen molar-refractivity contribution in [2.24, 2.45) is 0 Å². The maximum Gasteiger partial charge on any atom is 0.245 e. The second kappa shape index (κ2) is 25.5. The normalized spacial score (nSPS) is 18.6. The third-order valence-electron chi connectivity index (χ3n) is 13.0. The molecule has 2 fully saturated rings. The summed E-state index contributed by atoms with van der Waals surface area (Å²) in [5.41, 5.74) is -0.225. The summed E-state index contributed by atoms with van der Waals surface area (Å²) in [5.74, 6) is 1.07. The van der Waals surface area contributed by atoms with Crippen LogP contribution in [0.3, 0.4) is 0 Å². The van der Waals surface area contributed by atoms with Gasteiger partial charge in [-0.05, 0) is 94.9 Å². The Balaban J connectivity index is 0.000000231. The third kappa shape index (κ3) is 14.2. The van der Waals surface area contributed by atoms with Gasteiger partial charge >= 0.3 is 0 Å². The van der Waals surface area contributed by atoms with Crippen LogP contribution >= 0.6 is 23.2 Å². The van der Waals surface area contributed by atoms with Gasteiger partial charge in [-0.25, -0.2) is 36.8 Å². The number of aromatic nitrogens is 14. The van der Waals surface area contributed by atoms with Gasteiger partial charge in [0.1, 0.15) is 48.6 Å². The maximum absolute atomic E-state index is 13.9. The standard InChI is InChI=1S/2C25H34ClN7O6S/c2*1-14(2)38-20(21-27-10-16(26)11-28-21)15(3)40(34,35)12-18-31-32-22(17-8-9-25(4,5)39-17)33(18)19-23(36-6)29-13-30-24(19)37-7/h2*10-11,13-15,17,20H,8-9,12H2,1-7H3/t15-,17+,20+;15-,17-,20+/m00/s1. The highest BCUT2D eigenvalue weighted by Gasteiger charge is 2.42. The van der Waals surface area contributed by atoms with E-state index >= 15 is 0 Å². The highest BCUT2D eigenvalue weighted by atomic mass is 35.5. The first-order valence-electron chi connectivity index (χ1n) is 25.5. The molecule has 2 aliphatic heterocycles. The van der Waals surface area contributed by atoms with Crippen LogP contribution in [0, 0.1) is 0 Å². The first-order chi connectivity index (χ1) is 37.7. The van der Waals surface area contributed by atoms with Crippen LogP contribution in [0.25, 0.3) is 11.4 Å². The quantitative estimate of drug-likeness (QED) is 0.0647. The Kier molecular flexibility index (Phi) is 19.7. The summed E-state index contributed by atoms with van der Waals surface area (Å²) in [6.45, 7) is 18.3. The van der Waals surface area contributed by atoms with Crippen LogP contribution in [0.15, 0.2) is 37.4 Å². The molecule has 80 heavy (non-hydrogen) atoms. The fourth-order valence-corrected chi connectivity index (χ4v) is 12.0. The first kappa shape index (κ1) is 61.7. The SMILES string of the molecule is COc1ncnc(OC)c1-n1c(CS(=O)(=O)[C@@H](C)[C@@H](OC(C)C)c2ncc(Cl)cn2)nnc1[C@@H]1CCC(C)(C)O1.COc1ncnc(OC)c1-n1c(CS(=O)(=O)[C@@H](C)[C@@H](OC(C)C)c2ncc(Cl)cn2)nnc1[C@H]1CCC(C)(C)O1. The Bertz CT molecular complexity index is 3040. The number of rotatable bonds is 22. The van der Waals surface area contributed by atoms with Crippen LogP contribution in [-0.4, -0.2) is 149 Å². The van der Waals surface area contributed by atoms with Gasteiger partial charge in [-0.3, -0.25) is 9.13 Å². The van der Waals surface area contributed by atoms with Crippen LogP contribution in [0.5, 0.6) is 23.5 Å². The van der Waals surface area contributed by atoms with Crippen molar-refractivity contribution in [3.63, 3.8) is 0 Å². The van der Waals surface area contributed by atoms with Gasteiger partial charge in [-0.2, -0.15) is 19.9 Å². The summed E-state index contributed by atoms with van der Waals surface area (Å²) in [6, 6.07) is 0. The zero-order valence-corrected chi connectivity index (χ0v) is 50.2. The highest BCUT2D eigenvalue weighted by Crippen LogP contribution is 2.43. The van der Waals surface area contributed by atoms with Crippen LogP contribution in [-0.2, 0) is 50.1 Å². The molecular weight excluding hydrogens is 1120 g/mol. The summed E-state index contributed by atoms with van der Waals surface area (Å²) in [5, 5.41) is 15.9. The lowest BCUT2D eigenvalue weighted by molar-refractivity contribution is -0.0211. The Morgan fingerprint density at radius 3 is 1.11 bits per heavy atom. The molecule has 2 saturated heterocycles. The number of halogens is 2. The summed E-state index contributed by atoms with van der Waals surface area (Å²) in [4.78, 5) is 33.7. The molecule has 2 aliphatic rings. The zero-order chi connectivity index (χ0) is 58.5. The summed E-state index contributed by atoms with van der Waals surface area (Å²) in [6.07, 6.45) is 7.66.